The Bertz CT molecular complexity index is 1580. The topological polar surface area (TPSA) is 265 Å². The number of H-pyrrole nitrogens is 1. The van der Waals surface area contributed by atoms with E-state index < -0.39 is 53.4 Å². The molecule has 2 aromatic heterocycles. The van der Waals surface area contributed by atoms with Gasteiger partial charge in [0.2, 0.25) is 5.16 Å². The fraction of sp³-hybridized carbons (Fsp3) is 0.500. The Morgan fingerprint density at radius 3 is 2.60 bits per heavy atom. The summed E-state index contributed by atoms with van der Waals surface area (Å²) in [4.78, 5) is 79.3. The van der Waals surface area contributed by atoms with Crippen molar-refractivity contribution in [1.29, 1.82) is 0 Å². The lowest BCUT2D eigenvalue weighted by atomic mass is 9.98. The van der Waals surface area contributed by atoms with Crippen LogP contribution in [0.3, 0.4) is 0 Å². The Kier molecular flexibility index (Phi) is 11.5. The standard InChI is InChI=1S/C24H29N9O11S3/c1-10(34)41-23(42-11(2)35)44-43-19(38)17-12(9-47-22-29-30-31-32(22)3)8-46-21-24(40-4,20(39)33(17)21)28-16(45)6-15-26-7-13(27-15)5-14(25)18(36)37/h7,14,21,23H,5-6,8-9,25H2,1-4H3,(H,26,27)(H,28,45)(H,36,37)/t14?,21-,24-/m0/s1. The number of aromatic amines is 1. The Balaban J connectivity index is 1.53. The number of methoxy groups -OCH3 is 1. The van der Waals surface area contributed by atoms with Crippen molar-refractivity contribution in [1.82, 2.24) is 40.4 Å². The molecule has 254 valence electrons. The molecular formula is C24H29N9O11S3. The van der Waals surface area contributed by atoms with Crippen LogP contribution in [0.4, 0.5) is 0 Å². The van der Waals surface area contributed by atoms with Crippen LogP contribution in [-0.2, 0) is 67.8 Å². The number of carbonyl (C=O) groups is 5. The Labute approximate surface area is 279 Å². The Hall–Kier alpha value is -4.16. The number of aromatic nitrogens is 6. The molecule has 1 saturated heterocycles. The second-order valence-corrected chi connectivity index (χ2v) is 12.3. The maximum atomic E-state index is 13.8. The third-order valence-electron chi connectivity index (χ3n) is 6.39. The van der Waals surface area contributed by atoms with Gasteiger partial charge < -0.3 is 35.4 Å². The molecule has 0 radical (unpaired) electrons. The van der Waals surface area contributed by atoms with Gasteiger partial charge in [0, 0.05) is 52.1 Å². The number of carbonyl (C=O) groups excluding carboxylic acids is 4. The Morgan fingerprint density at radius 2 is 2.00 bits per heavy atom. The number of ether oxygens (including phenoxy) is 3. The number of aryl methyl sites for hydroxylation is 1. The van der Waals surface area contributed by atoms with Crippen LogP contribution >= 0.6 is 35.7 Å². The van der Waals surface area contributed by atoms with Gasteiger partial charge in [-0.25, -0.2) is 14.5 Å². The third-order valence-corrected chi connectivity index (χ3v) is 9.11. The summed E-state index contributed by atoms with van der Waals surface area (Å²) in [5.41, 5.74) is 4.54. The predicted molar refractivity (Wildman–Crippen MR) is 161 cm³/mol. The van der Waals surface area contributed by atoms with Gasteiger partial charge >= 0.3 is 30.4 Å². The average molecular weight is 716 g/mol. The summed E-state index contributed by atoms with van der Waals surface area (Å²) in [6.45, 7) is 0.0330. The van der Waals surface area contributed by atoms with Gasteiger partial charge in [-0.2, -0.15) is 0 Å². The van der Waals surface area contributed by atoms with Crippen LogP contribution in [0.25, 0.3) is 0 Å². The molecule has 23 heteroatoms. The zero-order chi connectivity index (χ0) is 34.5. The monoisotopic (exact) mass is 715 g/mol. The molecule has 0 bridgehead atoms. The summed E-state index contributed by atoms with van der Waals surface area (Å²) in [6.07, 6.45) is 1.54. The summed E-state index contributed by atoms with van der Waals surface area (Å²) in [7, 11) is 2.92. The fourth-order valence-corrected chi connectivity index (χ4v) is 7.03. The van der Waals surface area contributed by atoms with Crippen LogP contribution in [0, 0.1) is 0 Å². The van der Waals surface area contributed by atoms with E-state index in [2.05, 4.69) is 30.8 Å². The first-order valence-corrected chi connectivity index (χ1v) is 15.8. The van der Waals surface area contributed by atoms with E-state index in [1.807, 2.05) is 0 Å². The molecule has 0 aliphatic carbocycles. The molecule has 0 spiro atoms. The van der Waals surface area contributed by atoms with E-state index in [4.69, 9.17) is 47.0 Å². The van der Waals surface area contributed by atoms with E-state index in [1.165, 1.54) is 41.5 Å². The average Bonchev–Trinajstić information content (AvgIpc) is 3.63. The molecule has 47 heavy (non-hydrogen) atoms. The highest BCUT2D eigenvalue weighted by atomic mass is 32.2. The van der Waals surface area contributed by atoms with Crippen molar-refractivity contribution in [2.45, 2.75) is 55.5 Å². The van der Waals surface area contributed by atoms with Gasteiger partial charge in [0.15, 0.2) is 0 Å². The number of amides is 1. The van der Waals surface area contributed by atoms with Gasteiger partial charge in [0.25, 0.3) is 11.6 Å². The number of carboxylic acid groups (broad SMARTS) is 1. The normalized spacial score (nSPS) is 19.5. The molecule has 0 saturated carbocycles. The minimum atomic E-state index is -2.00. The zero-order valence-corrected chi connectivity index (χ0v) is 27.6. The first-order valence-electron chi connectivity index (χ1n) is 13.4. The maximum absolute atomic E-state index is 13.8. The second-order valence-electron chi connectivity index (χ2n) is 9.79. The van der Waals surface area contributed by atoms with Crippen molar-refractivity contribution in [3.8, 4) is 0 Å². The highest BCUT2D eigenvalue weighted by Gasteiger charge is 2.66. The van der Waals surface area contributed by atoms with E-state index in [0.29, 0.717) is 22.2 Å². The minimum Gasteiger partial charge on any atom is -0.480 e. The van der Waals surface area contributed by atoms with Crippen molar-refractivity contribution < 1.29 is 53.1 Å². The van der Waals surface area contributed by atoms with Gasteiger partial charge in [-0.15, -0.1) is 16.9 Å². The zero-order valence-electron chi connectivity index (χ0n) is 25.2. The molecule has 2 aromatic rings. The summed E-state index contributed by atoms with van der Waals surface area (Å²) >= 11 is 7.96. The molecule has 5 N–H and O–H groups in total. The summed E-state index contributed by atoms with van der Waals surface area (Å²) in [5, 5.41) is 22.8. The smallest absolute Gasteiger partial charge is 0.402 e. The van der Waals surface area contributed by atoms with Crippen LogP contribution in [-0.4, -0.2) is 117 Å². The third kappa shape index (κ3) is 8.23. The lowest BCUT2D eigenvalue weighted by Crippen LogP contribution is -2.80. The van der Waals surface area contributed by atoms with Crippen molar-refractivity contribution in [2.24, 2.45) is 12.8 Å². The number of β-lactam (4-membered cyclic amide) rings is 1. The number of thioether (sulfide) groups is 2. The lowest BCUT2D eigenvalue weighted by molar-refractivity contribution is -0.399. The van der Waals surface area contributed by atoms with Crippen LogP contribution < -0.4 is 11.1 Å². The number of fused-ring (bicyclic) bond motifs is 1. The van der Waals surface area contributed by atoms with Gasteiger partial charge in [-0.05, 0) is 16.0 Å². The number of esters is 2. The number of tetrazole rings is 1. The predicted octanol–water partition coefficient (Wildman–Crippen LogP) is -1.46. The molecule has 3 atom stereocenters. The van der Waals surface area contributed by atoms with Crippen molar-refractivity contribution >= 4 is 70.5 Å². The number of nitrogens with one attached hydrogen (secondary N) is 2. The van der Waals surface area contributed by atoms with Gasteiger partial charge in [-0.1, -0.05) is 28.9 Å². The summed E-state index contributed by atoms with van der Waals surface area (Å²) in [6, 6.07) is -1.14. The van der Waals surface area contributed by atoms with E-state index >= 15 is 0 Å². The molecule has 4 rings (SSSR count). The molecule has 4 heterocycles. The van der Waals surface area contributed by atoms with Gasteiger partial charge in [0.05, 0.1) is 17.1 Å². The van der Waals surface area contributed by atoms with E-state index in [0.717, 1.165) is 18.7 Å². The van der Waals surface area contributed by atoms with Crippen molar-refractivity contribution in [3.05, 3.63) is 29.0 Å². The lowest BCUT2D eigenvalue weighted by Gasteiger charge is -2.56. The number of nitrogens with two attached hydrogens (primary N) is 1. The molecule has 1 unspecified atom stereocenters. The van der Waals surface area contributed by atoms with E-state index in [1.54, 1.807) is 7.05 Å². The van der Waals surface area contributed by atoms with E-state index in [9.17, 15) is 24.0 Å². The van der Waals surface area contributed by atoms with E-state index in [-0.39, 0.29) is 35.0 Å². The van der Waals surface area contributed by atoms with Crippen LogP contribution in [0.15, 0.2) is 22.6 Å². The number of hydrogen-bond donors (Lipinski definition) is 4. The van der Waals surface area contributed by atoms with Crippen LogP contribution in [0.5, 0.6) is 0 Å². The number of thiocarbonyl (C=S) groups is 1. The number of imidazole rings is 1. The number of carboxylic acids is 1. The fourth-order valence-electron chi connectivity index (χ4n) is 4.31. The van der Waals surface area contributed by atoms with Crippen molar-refractivity contribution in [3.63, 3.8) is 0 Å². The summed E-state index contributed by atoms with van der Waals surface area (Å²) < 4.78 is 16.5. The quantitative estimate of drug-likeness (QED) is 0.0312. The minimum absolute atomic E-state index is 0.00852. The molecule has 1 fully saturated rings. The number of nitrogens with zero attached hydrogens (tertiary/aromatic N) is 6. The summed E-state index contributed by atoms with van der Waals surface area (Å²) in [5.74, 6) is -4.07. The highest BCUT2D eigenvalue weighted by molar-refractivity contribution is 8.01. The second kappa shape index (κ2) is 15.2. The largest absolute Gasteiger partial charge is 0.480 e. The van der Waals surface area contributed by atoms with Crippen LogP contribution in [0.1, 0.15) is 25.4 Å². The molecule has 2 aliphatic heterocycles. The highest BCUT2D eigenvalue weighted by Crippen LogP contribution is 2.47. The number of rotatable bonds is 15. The van der Waals surface area contributed by atoms with Crippen LogP contribution in [0.2, 0.25) is 0 Å². The number of aliphatic carboxylic acids is 1. The molecule has 0 aromatic carbocycles. The molecule has 20 nitrogen and oxygen atoms in total. The van der Waals surface area contributed by atoms with Gasteiger partial charge in [-0.3, -0.25) is 29.0 Å². The van der Waals surface area contributed by atoms with Gasteiger partial charge in [0.1, 0.15) is 22.9 Å². The molecule has 1 amide bonds. The number of hydrogen-bond acceptors (Lipinski definition) is 18. The van der Waals surface area contributed by atoms with Crippen molar-refractivity contribution in [2.75, 3.05) is 18.6 Å². The molecular weight excluding hydrogens is 687 g/mol. The Morgan fingerprint density at radius 1 is 1.30 bits per heavy atom. The maximum Gasteiger partial charge on any atom is 0.402 e. The first kappa shape index (κ1) is 35.7. The SMILES string of the molecule is CO[C@@]1(NC(=S)Cc2nc(CC(N)C(=O)O)c[nH]2)C(=O)N2C(C(=O)OOC(OC(C)=O)OC(C)=O)=C(CSc3nnnn3C)CS[C@H]21. The molecule has 2 aliphatic rings. The first-order chi connectivity index (χ1) is 22.2.